The van der Waals surface area contributed by atoms with Crippen LogP contribution < -0.4 is 11.5 Å². The molecule has 6 nitrogen and oxygen atoms in total. The van der Waals surface area contributed by atoms with E-state index in [2.05, 4.69) is 0 Å². The quantitative estimate of drug-likeness (QED) is 0.447. The molecule has 0 bridgehead atoms. The van der Waals surface area contributed by atoms with Gasteiger partial charge in [-0.1, -0.05) is 0 Å². The lowest BCUT2D eigenvalue weighted by Crippen LogP contribution is -2.18. The molecule has 0 aliphatic rings. The highest BCUT2D eigenvalue weighted by Gasteiger charge is 2.14. The fourth-order valence-corrected chi connectivity index (χ4v) is 1.09. The van der Waals surface area contributed by atoms with Crippen molar-refractivity contribution in [2.45, 2.75) is 19.3 Å². The van der Waals surface area contributed by atoms with Crippen molar-refractivity contribution in [2.24, 2.45) is 11.5 Å². The monoisotopic (exact) mass is 216 g/mol. The average molecular weight is 216 g/mol. The molecular formula is C9H16N2O4. The van der Waals surface area contributed by atoms with Crippen LogP contribution >= 0.6 is 0 Å². The summed E-state index contributed by atoms with van der Waals surface area (Å²) in [5.74, 6) is -0.972. The van der Waals surface area contributed by atoms with Gasteiger partial charge >= 0.3 is 0 Å². The Morgan fingerprint density at radius 2 is 1.60 bits per heavy atom. The van der Waals surface area contributed by atoms with Gasteiger partial charge in [-0.2, -0.15) is 0 Å². The fraction of sp³-hybridized carbons (Fsp3) is 0.556. The van der Waals surface area contributed by atoms with Gasteiger partial charge in [-0.15, -0.1) is 0 Å². The van der Waals surface area contributed by atoms with Crippen LogP contribution in [0.5, 0.6) is 0 Å². The molecule has 0 fully saturated rings. The summed E-state index contributed by atoms with van der Waals surface area (Å²) in [6, 6.07) is 0. The summed E-state index contributed by atoms with van der Waals surface area (Å²) < 4.78 is 9.64. The minimum absolute atomic E-state index is 0.0759. The first-order chi connectivity index (χ1) is 7.02. The molecule has 6 heteroatoms. The zero-order chi connectivity index (χ0) is 11.8. The second kappa shape index (κ2) is 6.69. The minimum Gasteiger partial charge on any atom is -0.468 e. The summed E-state index contributed by atoms with van der Waals surface area (Å²) in [5, 5.41) is 0. The van der Waals surface area contributed by atoms with Gasteiger partial charge in [0.1, 0.15) is 0 Å². The predicted molar refractivity (Wildman–Crippen MR) is 53.3 cm³/mol. The van der Waals surface area contributed by atoms with Gasteiger partial charge in [0.15, 0.2) is 0 Å². The van der Waals surface area contributed by atoms with E-state index < -0.39 is 11.8 Å². The largest absolute Gasteiger partial charge is 0.468 e. The molecule has 0 rings (SSSR count). The number of hydrogen-bond donors (Lipinski definition) is 2. The lowest BCUT2D eigenvalue weighted by molar-refractivity contribution is -0.118. The Labute approximate surface area is 88.2 Å². The van der Waals surface area contributed by atoms with Crippen molar-refractivity contribution >= 4 is 11.8 Å². The first kappa shape index (κ1) is 13.3. The van der Waals surface area contributed by atoms with E-state index in [-0.39, 0.29) is 17.9 Å². The van der Waals surface area contributed by atoms with E-state index in [1.54, 1.807) is 0 Å². The van der Waals surface area contributed by atoms with Crippen molar-refractivity contribution in [3.63, 3.8) is 0 Å². The van der Waals surface area contributed by atoms with Crippen LogP contribution in [0.3, 0.4) is 0 Å². The molecule has 0 atom stereocenters. The van der Waals surface area contributed by atoms with E-state index in [4.69, 9.17) is 20.9 Å². The topological polar surface area (TPSA) is 105 Å². The van der Waals surface area contributed by atoms with E-state index in [9.17, 15) is 9.59 Å². The number of rotatable bonds is 7. The summed E-state index contributed by atoms with van der Waals surface area (Å²) in [4.78, 5) is 21.5. The standard InChI is InChI=1S/C9H16N2O4/c1-14-9(15-2)6(8(11)13)4-3-5-7(10)12/h3-5H2,1-2H3,(H2,10,12)(H2,11,13). The molecule has 0 aliphatic carbocycles. The van der Waals surface area contributed by atoms with Crippen LogP contribution in [0.2, 0.25) is 0 Å². The minimum atomic E-state index is -0.627. The van der Waals surface area contributed by atoms with E-state index in [0.717, 1.165) is 0 Å². The van der Waals surface area contributed by atoms with Crippen molar-refractivity contribution in [2.75, 3.05) is 14.2 Å². The Morgan fingerprint density at radius 3 is 1.93 bits per heavy atom. The van der Waals surface area contributed by atoms with Crippen LogP contribution in [0.1, 0.15) is 19.3 Å². The molecule has 0 aromatic carbocycles. The number of carbonyl (C=O) groups excluding carboxylic acids is 2. The zero-order valence-corrected chi connectivity index (χ0v) is 8.91. The number of carbonyl (C=O) groups is 2. The highest BCUT2D eigenvalue weighted by atomic mass is 16.7. The molecule has 2 amide bonds. The first-order valence-corrected chi connectivity index (χ1v) is 4.42. The van der Waals surface area contributed by atoms with Crippen LogP contribution in [0.15, 0.2) is 11.5 Å². The number of nitrogens with two attached hydrogens (primary N) is 2. The number of primary amides is 2. The lowest BCUT2D eigenvalue weighted by atomic mass is 10.1. The van der Waals surface area contributed by atoms with Gasteiger partial charge in [-0.05, 0) is 12.8 Å². The molecular weight excluding hydrogens is 200 g/mol. The van der Waals surface area contributed by atoms with Crippen molar-refractivity contribution in [3.8, 4) is 0 Å². The maximum absolute atomic E-state index is 11.0. The summed E-state index contributed by atoms with van der Waals surface area (Å²) in [6.45, 7) is 0. The molecule has 86 valence electrons. The van der Waals surface area contributed by atoms with Gasteiger partial charge in [0.2, 0.25) is 5.91 Å². The average Bonchev–Trinajstić information content (AvgIpc) is 2.16. The third kappa shape index (κ3) is 4.90. The van der Waals surface area contributed by atoms with Gasteiger partial charge in [0.05, 0.1) is 19.8 Å². The number of ether oxygens (including phenoxy) is 2. The van der Waals surface area contributed by atoms with Crippen molar-refractivity contribution in [1.29, 1.82) is 0 Å². The molecule has 0 radical (unpaired) electrons. The third-order valence-corrected chi connectivity index (χ3v) is 1.76. The molecule has 0 saturated heterocycles. The van der Waals surface area contributed by atoms with Gasteiger partial charge < -0.3 is 20.9 Å². The SMILES string of the molecule is COC(OC)=C(CCCC(N)=O)C(N)=O. The first-order valence-electron chi connectivity index (χ1n) is 4.42. The summed E-state index contributed by atoms with van der Waals surface area (Å²) in [7, 11) is 2.74. The Hall–Kier alpha value is -1.72. The van der Waals surface area contributed by atoms with E-state index >= 15 is 0 Å². The van der Waals surface area contributed by atoms with Gasteiger partial charge in [-0.3, -0.25) is 9.59 Å². The van der Waals surface area contributed by atoms with Crippen molar-refractivity contribution in [3.05, 3.63) is 11.5 Å². The second-order valence-electron chi connectivity index (χ2n) is 2.86. The van der Waals surface area contributed by atoms with Gasteiger partial charge in [-0.25, -0.2) is 0 Å². The Bertz CT molecular complexity index is 267. The van der Waals surface area contributed by atoms with Gasteiger partial charge in [0, 0.05) is 6.42 Å². The summed E-state index contributed by atoms with van der Waals surface area (Å²) in [5.41, 5.74) is 10.3. The van der Waals surface area contributed by atoms with E-state index in [1.165, 1.54) is 14.2 Å². The Morgan fingerprint density at radius 1 is 1.07 bits per heavy atom. The van der Waals surface area contributed by atoms with Crippen molar-refractivity contribution < 1.29 is 19.1 Å². The van der Waals surface area contributed by atoms with E-state index in [1.807, 2.05) is 0 Å². The fourth-order valence-electron chi connectivity index (χ4n) is 1.09. The van der Waals surface area contributed by atoms with Crippen LogP contribution in [0.4, 0.5) is 0 Å². The molecule has 0 aliphatic heterocycles. The number of methoxy groups -OCH3 is 2. The number of amides is 2. The van der Waals surface area contributed by atoms with E-state index in [0.29, 0.717) is 12.8 Å². The molecule has 0 spiro atoms. The van der Waals surface area contributed by atoms with Crippen LogP contribution in [0.25, 0.3) is 0 Å². The maximum Gasteiger partial charge on any atom is 0.287 e. The summed E-state index contributed by atoms with van der Waals surface area (Å²) >= 11 is 0. The summed E-state index contributed by atoms with van der Waals surface area (Å²) in [6.07, 6.45) is 0.927. The van der Waals surface area contributed by atoms with Crippen LogP contribution in [-0.2, 0) is 19.1 Å². The molecule has 0 aromatic heterocycles. The third-order valence-electron chi connectivity index (χ3n) is 1.76. The molecule has 0 unspecified atom stereocenters. The van der Waals surface area contributed by atoms with Gasteiger partial charge in [0.25, 0.3) is 11.9 Å². The highest BCUT2D eigenvalue weighted by Crippen LogP contribution is 2.13. The normalized spacial score (nSPS) is 9.20. The molecule has 0 heterocycles. The Balaban J connectivity index is 4.47. The lowest BCUT2D eigenvalue weighted by Gasteiger charge is -2.09. The van der Waals surface area contributed by atoms with Crippen LogP contribution in [0, 0.1) is 0 Å². The van der Waals surface area contributed by atoms with Crippen LogP contribution in [-0.4, -0.2) is 26.0 Å². The zero-order valence-electron chi connectivity index (χ0n) is 8.91. The molecule has 4 N–H and O–H groups in total. The smallest absolute Gasteiger partial charge is 0.287 e. The number of hydrogen-bond acceptors (Lipinski definition) is 4. The predicted octanol–water partition coefficient (Wildman–Crippen LogP) is -0.368. The highest BCUT2D eigenvalue weighted by molar-refractivity contribution is 5.92. The maximum atomic E-state index is 11.0. The van der Waals surface area contributed by atoms with Crippen molar-refractivity contribution in [1.82, 2.24) is 0 Å². The second-order valence-corrected chi connectivity index (χ2v) is 2.86. The molecule has 0 aromatic rings. The Kier molecular flexibility index (Phi) is 5.92. The molecule has 0 saturated carbocycles. The molecule has 15 heavy (non-hydrogen) atoms.